The predicted octanol–water partition coefficient (Wildman–Crippen LogP) is 2.77. The summed E-state index contributed by atoms with van der Waals surface area (Å²) in [5.41, 5.74) is 1.22. The molecule has 0 saturated carbocycles. The second-order valence-electron chi connectivity index (χ2n) is 4.73. The van der Waals surface area contributed by atoms with E-state index >= 15 is 0 Å². The molecule has 2 aromatic rings. The van der Waals surface area contributed by atoms with E-state index in [1.54, 1.807) is 24.3 Å². The van der Waals surface area contributed by atoms with Crippen molar-refractivity contribution in [2.75, 3.05) is 5.01 Å². The van der Waals surface area contributed by atoms with Gasteiger partial charge in [0.2, 0.25) is 0 Å². The van der Waals surface area contributed by atoms with Crippen LogP contribution in [0.4, 0.5) is 5.69 Å². The van der Waals surface area contributed by atoms with Crippen molar-refractivity contribution in [1.82, 2.24) is 5.32 Å². The zero-order chi connectivity index (χ0) is 15.5. The Balaban J connectivity index is 1.74. The largest absolute Gasteiger partial charge is 0.308 e. The quantitative estimate of drug-likeness (QED) is 0.782. The number of hydrogen-bond donors (Lipinski definition) is 1. The first-order valence-electron chi connectivity index (χ1n) is 6.66. The Morgan fingerprint density at radius 2 is 1.77 bits per heavy atom. The Kier molecular flexibility index (Phi) is 4.19. The van der Waals surface area contributed by atoms with Crippen LogP contribution in [0.15, 0.2) is 59.7 Å². The molecule has 3 rings (SSSR count). The first kappa shape index (κ1) is 14.7. The number of nitrogens with zero attached hydrogens (tertiary/aromatic N) is 2. The van der Waals surface area contributed by atoms with Gasteiger partial charge in [-0.3, -0.25) is 9.59 Å². The molecule has 1 aliphatic heterocycles. The molecular weight excluding hydrogens is 393 g/mol. The lowest BCUT2D eigenvalue weighted by molar-refractivity contribution is -0.116. The summed E-state index contributed by atoms with van der Waals surface area (Å²) in [6.07, 6.45) is 0.0883. The maximum atomic E-state index is 12.1. The zero-order valence-electron chi connectivity index (χ0n) is 11.5. The number of hydrazone groups is 1. The number of para-hydroxylation sites is 1. The third kappa shape index (κ3) is 3.16. The van der Waals surface area contributed by atoms with Gasteiger partial charge in [0.1, 0.15) is 5.84 Å². The van der Waals surface area contributed by atoms with Gasteiger partial charge in [0.15, 0.2) is 0 Å². The second-order valence-corrected chi connectivity index (χ2v) is 5.97. The zero-order valence-corrected chi connectivity index (χ0v) is 13.6. The molecule has 0 bridgehead atoms. The molecule has 0 radical (unpaired) electrons. The van der Waals surface area contributed by atoms with E-state index in [-0.39, 0.29) is 18.2 Å². The number of amidine groups is 1. The van der Waals surface area contributed by atoms with Crippen molar-refractivity contribution in [3.05, 3.63) is 63.7 Å². The molecule has 2 aromatic carbocycles. The van der Waals surface area contributed by atoms with Crippen LogP contribution < -0.4 is 10.3 Å². The highest BCUT2D eigenvalue weighted by Gasteiger charge is 2.26. The molecule has 0 fully saturated rings. The average Bonchev–Trinajstić information content (AvgIpc) is 2.89. The van der Waals surface area contributed by atoms with Gasteiger partial charge in [0, 0.05) is 9.13 Å². The standard InChI is InChI=1S/C16H12IN3O2/c17-12-8-6-11(7-9-12)16(22)18-14-10-15(21)20(19-14)13-4-2-1-3-5-13/h1-9H,10H2,(H,18,19,22). The predicted molar refractivity (Wildman–Crippen MR) is 92.6 cm³/mol. The van der Waals surface area contributed by atoms with Crippen LogP contribution in [0.25, 0.3) is 0 Å². The van der Waals surface area contributed by atoms with Gasteiger partial charge < -0.3 is 5.32 Å². The highest BCUT2D eigenvalue weighted by atomic mass is 127. The number of carbonyl (C=O) groups excluding carboxylic acids is 2. The molecule has 1 N–H and O–H groups in total. The minimum absolute atomic E-state index is 0.0883. The molecule has 0 atom stereocenters. The molecule has 0 saturated heterocycles. The number of anilines is 1. The summed E-state index contributed by atoms with van der Waals surface area (Å²) in [4.78, 5) is 24.1. The lowest BCUT2D eigenvalue weighted by Crippen LogP contribution is -2.29. The highest BCUT2D eigenvalue weighted by Crippen LogP contribution is 2.19. The van der Waals surface area contributed by atoms with E-state index < -0.39 is 0 Å². The fourth-order valence-electron chi connectivity index (χ4n) is 2.07. The topological polar surface area (TPSA) is 61.8 Å². The van der Waals surface area contributed by atoms with E-state index in [9.17, 15) is 9.59 Å². The fourth-order valence-corrected chi connectivity index (χ4v) is 2.43. The summed E-state index contributed by atoms with van der Waals surface area (Å²) in [5.74, 6) is -0.0700. The molecule has 110 valence electrons. The Bertz CT molecular complexity index is 742. The van der Waals surface area contributed by atoms with Crippen LogP contribution in [0.3, 0.4) is 0 Å². The molecule has 0 aliphatic carbocycles. The van der Waals surface area contributed by atoms with E-state index in [1.807, 2.05) is 30.3 Å². The van der Waals surface area contributed by atoms with Crippen LogP contribution >= 0.6 is 22.6 Å². The van der Waals surface area contributed by atoms with Crippen molar-refractivity contribution >= 4 is 45.9 Å². The number of benzene rings is 2. The summed E-state index contributed by atoms with van der Waals surface area (Å²) in [7, 11) is 0. The van der Waals surface area contributed by atoms with E-state index in [0.717, 1.165) is 3.57 Å². The van der Waals surface area contributed by atoms with Crippen molar-refractivity contribution in [3.63, 3.8) is 0 Å². The van der Waals surface area contributed by atoms with Crippen LogP contribution in [0, 0.1) is 3.57 Å². The lowest BCUT2D eigenvalue weighted by Gasteiger charge is -2.10. The summed E-state index contributed by atoms with van der Waals surface area (Å²) in [6.45, 7) is 0. The Labute approximate surface area is 141 Å². The molecule has 0 unspecified atom stereocenters. The third-order valence-electron chi connectivity index (χ3n) is 3.14. The fraction of sp³-hybridized carbons (Fsp3) is 0.0625. The molecule has 22 heavy (non-hydrogen) atoms. The van der Waals surface area contributed by atoms with Crippen LogP contribution in [-0.4, -0.2) is 17.6 Å². The molecule has 2 amide bonds. The normalized spacial score (nSPS) is 14.0. The lowest BCUT2D eigenvalue weighted by atomic mass is 10.2. The molecule has 6 heteroatoms. The number of carbonyl (C=O) groups is 2. The summed E-state index contributed by atoms with van der Waals surface area (Å²) < 4.78 is 1.05. The SMILES string of the molecule is O=C(NC1=NN(c2ccccc2)C(=O)C1)c1ccc(I)cc1. The first-order chi connectivity index (χ1) is 10.6. The number of hydrogen-bond acceptors (Lipinski definition) is 3. The molecule has 0 aromatic heterocycles. The van der Waals surface area contributed by atoms with Crippen LogP contribution in [0.1, 0.15) is 16.8 Å². The Hall–Kier alpha value is -2.22. The molecule has 0 spiro atoms. The van der Waals surface area contributed by atoms with Crippen molar-refractivity contribution < 1.29 is 9.59 Å². The highest BCUT2D eigenvalue weighted by molar-refractivity contribution is 14.1. The summed E-state index contributed by atoms with van der Waals surface area (Å²) >= 11 is 2.18. The number of rotatable bonds is 2. The minimum Gasteiger partial charge on any atom is -0.308 e. The molecule has 5 nitrogen and oxygen atoms in total. The Morgan fingerprint density at radius 3 is 2.45 bits per heavy atom. The van der Waals surface area contributed by atoms with E-state index in [2.05, 4.69) is 33.0 Å². The first-order valence-corrected chi connectivity index (χ1v) is 7.74. The van der Waals surface area contributed by atoms with Gasteiger partial charge >= 0.3 is 0 Å². The second kappa shape index (κ2) is 6.27. The van der Waals surface area contributed by atoms with Gasteiger partial charge in [-0.15, -0.1) is 0 Å². The molecule has 1 aliphatic rings. The van der Waals surface area contributed by atoms with Gasteiger partial charge in [-0.25, -0.2) is 0 Å². The molecule has 1 heterocycles. The summed E-state index contributed by atoms with van der Waals surface area (Å²) in [5, 5.41) is 8.19. The van der Waals surface area contributed by atoms with Gasteiger partial charge in [-0.2, -0.15) is 10.1 Å². The van der Waals surface area contributed by atoms with Gasteiger partial charge in [0.05, 0.1) is 12.1 Å². The van der Waals surface area contributed by atoms with E-state index in [1.165, 1.54) is 5.01 Å². The monoisotopic (exact) mass is 405 g/mol. The third-order valence-corrected chi connectivity index (χ3v) is 3.86. The van der Waals surface area contributed by atoms with Gasteiger partial charge in [-0.1, -0.05) is 18.2 Å². The maximum Gasteiger partial charge on any atom is 0.256 e. The number of amides is 2. The van der Waals surface area contributed by atoms with Crippen molar-refractivity contribution in [2.45, 2.75) is 6.42 Å². The van der Waals surface area contributed by atoms with Gasteiger partial charge in [0.25, 0.3) is 11.8 Å². The molecular formula is C16H12IN3O2. The average molecular weight is 405 g/mol. The van der Waals surface area contributed by atoms with Crippen LogP contribution in [-0.2, 0) is 4.79 Å². The van der Waals surface area contributed by atoms with Crippen molar-refractivity contribution in [1.29, 1.82) is 0 Å². The Morgan fingerprint density at radius 1 is 1.09 bits per heavy atom. The minimum atomic E-state index is -0.266. The maximum absolute atomic E-state index is 12.1. The van der Waals surface area contributed by atoms with E-state index in [0.29, 0.717) is 17.1 Å². The number of halogens is 1. The van der Waals surface area contributed by atoms with Crippen molar-refractivity contribution in [2.24, 2.45) is 5.10 Å². The van der Waals surface area contributed by atoms with E-state index in [4.69, 9.17) is 0 Å². The van der Waals surface area contributed by atoms with Crippen LogP contribution in [0.5, 0.6) is 0 Å². The van der Waals surface area contributed by atoms with Crippen LogP contribution in [0.2, 0.25) is 0 Å². The smallest absolute Gasteiger partial charge is 0.256 e. The van der Waals surface area contributed by atoms with Gasteiger partial charge in [-0.05, 0) is 59.0 Å². The van der Waals surface area contributed by atoms with Crippen molar-refractivity contribution in [3.8, 4) is 0 Å². The summed E-state index contributed by atoms with van der Waals surface area (Å²) in [6, 6.07) is 16.3. The number of nitrogens with one attached hydrogen (secondary N) is 1.